The number of allylic oxidation sites excluding steroid dienone is 4. The lowest BCUT2D eigenvalue weighted by Crippen LogP contribution is -1.92. The molecule has 2 atom stereocenters. The predicted molar refractivity (Wildman–Crippen MR) is 91.9 cm³/mol. The van der Waals surface area contributed by atoms with Gasteiger partial charge in [0, 0.05) is 0 Å². The summed E-state index contributed by atoms with van der Waals surface area (Å²) in [5, 5.41) is 0. The quantitative estimate of drug-likeness (QED) is 0.633. The Morgan fingerprint density at radius 3 is 2.33 bits per heavy atom. The van der Waals surface area contributed by atoms with Gasteiger partial charge in [0.05, 0.1) is 0 Å². The second-order valence-corrected chi connectivity index (χ2v) is 5.46. The molecular weight excluding hydrogens is 252 g/mol. The molecule has 0 spiro atoms. The van der Waals surface area contributed by atoms with E-state index in [4.69, 9.17) is 0 Å². The van der Waals surface area contributed by atoms with Crippen LogP contribution in [0.3, 0.4) is 0 Å². The van der Waals surface area contributed by atoms with Crippen LogP contribution in [0.5, 0.6) is 0 Å². The fourth-order valence-corrected chi connectivity index (χ4v) is 3.03. The van der Waals surface area contributed by atoms with E-state index < -0.39 is 0 Å². The minimum atomic E-state index is 0.774. The molecule has 2 aliphatic carbocycles. The Morgan fingerprint density at radius 2 is 1.52 bits per heavy atom. The third-order valence-electron chi connectivity index (χ3n) is 4.18. The Balaban J connectivity index is 0.000000636. The minimum Gasteiger partial charge on any atom is -0.0808 e. The van der Waals surface area contributed by atoms with Crippen molar-refractivity contribution in [1.82, 2.24) is 0 Å². The van der Waals surface area contributed by atoms with Crippen LogP contribution in [0.25, 0.3) is 16.7 Å². The fraction of sp³-hybridized carbons (Fsp3) is 0.238. The van der Waals surface area contributed by atoms with E-state index in [2.05, 4.69) is 72.8 Å². The van der Waals surface area contributed by atoms with Crippen molar-refractivity contribution >= 4 is 5.57 Å². The summed E-state index contributed by atoms with van der Waals surface area (Å²) in [5.41, 5.74) is 5.51. The largest absolute Gasteiger partial charge is 0.0808 e. The van der Waals surface area contributed by atoms with Crippen LogP contribution in [0.2, 0.25) is 0 Å². The van der Waals surface area contributed by atoms with Gasteiger partial charge in [-0.1, -0.05) is 80.6 Å². The number of hydrogen-bond acceptors (Lipinski definition) is 0. The van der Waals surface area contributed by atoms with Crippen LogP contribution in [-0.4, -0.2) is 0 Å². The monoisotopic (exact) mass is 274 g/mol. The average molecular weight is 274 g/mol. The van der Waals surface area contributed by atoms with Gasteiger partial charge in [0.15, 0.2) is 0 Å². The van der Waals surface area contributed by atoms with Crippen molar-refractivity contribution in [3.05, 3.63) is 78.4 Å². The van der Waals surface area contributed by atoms with E-state index in [-0.39, 0.29) is 0 Å². The Hall–Kier alpha value is -2.08. The van der Waals surface area contributed by atoms with Crippen molar-refractivity contribution in [2.45, 2.75) is 20.3 Å². The molecule has 2 unspecified atom stereocenters. The second-order valence-electron chi connectivity index (χ2n) is 5.46. The smallest absolute Gasteiger partial charge is 0.00869 e. The van der Waals surface area contributed by atoms with Gasteiger partial charge < -0.3 is 0 Å². The molecule has 0 aromatic heterocycles. The first kappa shape index (κ1) is 13.9. The van der Waals surface area contributed by atoms with E-state index in [1.165, 1.54) is 28.7 Å². The van der Waals surface area contributed by atoms with Gasteiger partial charge in [0.2, 0.25) is 0 Å². The maximum atomic E-state index is 2.34. The maximum absolute atomic E-state index is 2.34. The molecule has 0 amide bonds. The average Bonchev–Trinajstić information content (AvgIpc) is 3.37. The fourth-order valence-electron chi connectivity index (χ4n) is 3.03. The van der Waals surface area contributed by atoms with Crippen molar-refractivity contribution in [3.63, 3.8) is 0 Å². The molecule has 4 rings (SSSR count). The maximum Gasteiger partial charge on any atom is -0.00869 e. The summed E-state index contributed by atoms with van der Waals surface area (Å²) in [6, 6.07) is 19.6. The molecule has 1 fully saturated rings. The number of benzene rings is 2. The molecule has 0 N–H and O–H groups in total. The molecule has 1 saturated carbocycles. The first-order valence-electron chi connectivity index (χ1n) is 7.96. The van der Waals surface area contributed by atoms with Crippen LogP contribution in [-0.2, 0) is 0 Å². The van der Waals surface area contributed by atoms with Gasteiger partial charge in [-0.3, -0.25) is 0 Å². The highest BCUT2D eigenvalue weighted by Crippen LogP contribution is 2.51. The van der Waals surface area contributed by atoms with Crippen LogP contribution >= 0.6 is 0 Å². The van der Waals surface area contributed by atoms with Crippen molar-refractivity contribution < 1.29 is 0 Å². The summed E-state index contributed by atoms with van der Waals surface area (Å²) < 4.78 is 0. The van der Waals surface area contributed by atoms with Crippen LogP contribution in [0.15, 0.2) is 72.8 Å². The Bertz CT molecular complexity index is 661. The summed E-state index contributed by atoms with van der Waals surface area (Å²) in [7, 11) is 0. The number of rotatable bonds is 2. The van der Waals surface area contributed by atoms with E-state index in [0.29, 0.717) is 0 Å². The highest BCUT2D eigenvalue weighted by atomic mass is 14.4. The molecule has 21 heavy (non-hydrogen) atoms. The summed E-state index contributed by atoms with van der Waals surface area (Å²) in [5.74, 6) is 1.58. The van der Waals surface area contributed by atoms with E-state index in [1.807, 2.05) is 13.8 Å². The third kappa shape index (κ3) is 2.85. The van der Waals surface area contributed by atoms with Crippen molar-refractivity contribution in [3.8, 4) is 11.1 Å². The van der Waals surface area contributed by atoms with Gasteiger partial charge >= 0.3 is 0 Å². The summed E-state index contributed by atoms with van der Waals surface area (Å²) in [6.45, 7) is 4.00. The molecule has 2 aliphatic rings. The van der Waals surface area contributed by atoms with Crippen LogP contribution in [0.1, 0.15) is 25.8 Å². The highest BCUT2D eigenvalue weighted by Gasteiger charge is 2.39. The van der Waals surface area contributed by atoms with E-state index in [9.17, 15) is 0 Å². The lowest BCUT2D eigenvalue weighted by molar-refractivity contribution is 0.999. The molecule has 0 heterocycles. The van der Waals surface area contributed by atoms with Crippen LogP contribution in [0.4, 0.5) is 0 Å². The topological polar surface area (TPSA) is 0 Å². The van der Waals surface area contributed by atoms with Gasteiger partial charge in [0.1, 0.15) is 0 Å². The Labute approximate surface area is 127 Å². The molecule has 0 bridgehead atoms. The zero-order valence-corrected chi connectivity index (χ0v) is 12.8. The van der Waals surface area contributed by atoms with E-state index >= 15 is 0 Å². The molecule has 0 aliphatic heterocycles. The first-order chi connectivity index (χ1) is 10.4. The summed E-state index contributed by atoms with van der Waals surface area (Å²) in [4.78, 5) is 0. The van der Waals surface area contributed by atoms with Crippen LogP contribution < -0.4 is 0 Å². The third-order valence-corrected chi connectivity index (χ3v) is 4.18. The van der Waals surface area contributed by atoms with Gasteiger partial charge in [-0.2, -0.15) is 0 Å². The van der Waals surface area contributed by atoms with Gasteiger partial charge in [-0.25, -0.2) is 0 Å². The normalized spacial score (nSPS) is 21.7. The van der Waals surface area contributed by atoms with Crippen molar-refractivity contribution in [1.29, 1.82) is 0 Å². The van der Waals surface area contributed by atoms with Gasteiger partial charge in [-0.15, -0.1) is 0 Å². The van der Waals surface area contributed by atoms with E-state index in [1.54, 1.807) is 0 Å². The highest BCUT2D eigenvalue weighted by molar-refractivity contribution is 5.77. The van der Waals surface area contributed by atoms with Gasteiger partial charge in [0.25, 0.3) is 0 Å². The van der Waals surface area contributed by atoms with Gasteiger partial charge in [-0.05, 0) is 46.6 Å². The lowest BCUT2D eigenvalue weighted by Gasteiger charge is -2.11. The van der Waals surface area contributed by atoms with Crippen LogP contribution in [0, 0.1) is 11.8 Å². The second kappa shape index (κ2) is 6.13. The molecular formula is C21H22. The van der Waals surface area contributed by atoms with E-state index in [0.717, 1.165) is 11.8 Å². The van der Waals surface area contributed by atoms with Crippen molar-refractivity contribution in [2.75, 3.05) is 0 Å². The zero-order valence-electron chi connectivity index (χ0n) is 12.8. The predicted octanol–water partition coefficient (Wildman–Crippen LogP) is 5.97. The lowest BCUT2D eigenvalue weighted by atomic mass is 9.94. The molecule has 106 valence electrons. The number of fused-ring (bicyclic) bond motifs is 1. The molecule has 2 aromatic carbocycles. The SMILES string of the molecule is C1=CC2CC2C(c2cccc(-c3ccccc3)c2)=C1.CC. The molecule has 0 nitrogen and oxygen atoms in total. The molecule has 0 saturated heterocycles. The zero-order chi connectivity index (χ0) is 14.7. The Kier molecular flexibility index (Phi) is 4.06. The number of hydrogen-bond donors (Lipinski definition) is 0. The summed E-state index contributed by atoms with van der Waals surface area (Å²) in [6.07, 6.45) is 8.18. The Morgan fingerprint density at radius 1 is 0.810 bits per heavy atom. The summed E-state index contributed by atoms with van der Waals surface area (Å²) >= 11 is 0. The van der Waals surface area contributed by atoms with Crippen molar-refractivity contribution in [2.24, 2.45) is 11.8 Å². The molecule has 2 aromatic rings. The molecule has 0 radical (unpaired) electrons. The standard InChI is InChI=1S/C19H16.C2H6/c1-2-6-14(7-3-1)15-8-4-9-16(12-15)18-11-5-10-17-13-19(17)18;1-2/h1-12,17,19H,13H2;1-2H3. The minimum absolute atomic E-state index is 0.774. The molecule has 0 heteroatoms. The first-order valence-corrected chi connectivity index (χ1v) is 7.96.